The van der Waals surface area contributed by atoms with Crippen molar-refractivity contribution >= 4 is 11.8 Å². The number of likely N-dealkylation sites (tertiary alicyclic amines) is 1. The van der Waals surface area contributed by atoms with Gasteiger partial charge in [-0.2, -0.15) is 0 Å². The van der Waals surface area contributed by atoms with Crippen molar-refractivity contribution in [3.63, 3.8) is 0 Å². The summed E-state index contributed by atoms with van der Waals surface area (Å²) >= 11 is 0. The lowest BCUT2D eigenvalue weighted by Gasteiger charge is -2.33. The molecule has 2 unspecified atom stereocenters. The van der Waals surface area contributed by atoms with Crippen LogP contribution in [0.5, 0.6) is 0 Å². The lowest BCUT2D eigenvalue weighted by molar-refractivity contribution is -0.142. The summed E-state index contributed by atoms with van der Waals surface area (Å²) in [6.45, 7) is 4.52. The second kappa shape index (κ2) is 10.2. The quantitative estimate of drug-likeness (QED) is 0.834. The van der Waals surface area contributed by atoms with Gasteiger partial charge in [-0.3, -0.25) is 9.59 Å². The van der Waals surface area contributed by atoms with Crippen molar-refractivity contribution in [3.05, 3.63) is 24.3 Å². The average molecular weight is 321 g/mol. The molecule has 2 atom stereocenters. The number of carbonyl (C=O) groups excluding carboxylic acids is 2. The van der Waals surface area contributed by atoms with Crippen molar-refractivity contribution in [2.45, 2.75) is 58.0 Å². The molecule has 1 heterocycles. The van der Waals surface area contributed by atoms with Crippen LogP contribution in [0.1, 0.15) is 46.0 Å². The van der Waals surface area contributed by atoms with E-state index in [1.54, 1.807) is 11.9 Å². The first-order valence-corrected chi connectivity index (χ1v) is 8.58. The summed E-state index contributed by atoms with van der Waals surface area (Å²) in [5.74, 6) is -0.114. The molecular weight excluding hydrogens is 290 g/mol. The van der Waals surface area contributed by atoms with Crippen molar-refractivity contribution in [2.75, 3.05) is 13.6 Å². The summed E-state index contributed by atoms with van der Waals surface area (Å²) in [6, 6.07) is -0.861. The number of likely N-dealkylation sites (N-methyl/N-ethyl adjacent to an activating group) is 1. The summed E-state index contributed by atoms with van der Waals surface area (Å²) in [5.41, 5.74) is 5.83. The Morgan fingerprint density at radius 2 is 1.87 bits per heavy atom. The molecule has 1 aliphatic carbocycles. The van der Waals surface area contributed by atoms with Gasteiger partial charge >= 0.3 is 0 Å². The zero-order valence-corrected chi connectivity index (χ0v) is 14.6. The van der Waals surface area contributed by atoms with Crippen LogP contribution >= 0.6 is 0 Å². The standard InChI is InChI=1S/C12H23N3O2.C6H8/c1-8(2)10(11(16)14-3)15-7-5-4-6-9(13)12(15)17;1-2-4-6-5-3-1/h8-10H,4-7,13H2,1-3H3,(H,14,16);1-4H,5-6H2. The number of rotatable bonds is 3. The highest BCUT2D eigenvalue weighted by Gasteiger charge is 2.34. The first kappa shape index (κ1) is 19.4. The molecule has 2 rings (SSSR count). The van der Waals surface area contributed by atoms with Crippen LogP contribution in [-0.2, 0) is 9.59 Å². The van der Waals surface area contributed by atoms with Gasteiger partial charge in [0.15, 0.2) is 0 Å². The van der Waals surface area contributed by atoms with Crippen LogP contribution in [0.3, 0.4) is 0 Å². The Labute approximate surface area is 140 Å². The number of nitrogens with zero attached hydrogens (tertiary/aromatic N) is 1. The third-order valence-electron chi connectivity index (χ3n) is 4.13. The molecular formula is C18H31N3O2. The normalized spacial score (nSPS) is 22.2. The molecule has 1 fully saturated rings. The third kappa shape index (κ3) is 6.18. The van der Waals surface area contributed by atoms with Crippen molar-refractivity contribution < 1.29 is 9.59 Å². The fraction of sp³-hybridized carbons (Fsp3) is 0.667. The highest BCUT2D eigenvalue weighted by Crippen LogP contribution is 2.18. The van der Waals surface area contributed by atoms with E-state index in [0.29, 0.717) is 13.0 Å². The molecule has 0 saturated carbocycles. The van der Waals surface area contributed by atoms with Gasteiger partial charge in [-0.25, -0.2) is 0 Å². The van der Waals surface area contributed by atoms with Crippen LogP contribution in [-0.4, -0.2) is 42.4 Å². The Hall–Kier alpha value is -1.62. The van der Waals surface area contributed by atoms with Crippen molar-refractivity contribution in [1.82, 2.24) is 10.2 Å². The van der Waals surface area contributed by atoms with Gasteiger partial charge < -0.3 is 16.0 Å². The van der Waals surface area contributed by atoms with E-state index in [0.717, 1.165) is 12.8 Å². The molecule has 1 aliphatic heterocycles. The lowest BCUT2D eigenvalue weighted by Crippen LogP contribution is -2.55. The molecule has 2 amide bonds. The molecule has 1 saturated heterocycles. The van der Waals surface area contributed by atoms with E-state index in [1.807, 2.05) is 13.8 Å². The number of hydrogen-bond donors (Lipinski definition) is 2. The minimum absolute atomic E-state index is 0.0872. The van der Waals surface area contributed by atoms with Gasteiger partial charge in [0.05, 0.1) is 6.04 Å². The predicted octanol–water partition coefficient (Wildman–Crippen LogP) is 1.99. The molecule has 0 spiro atoms. The van der Waals surface area contributed by atoms with Gasteiger partial charge in [0, 0.05) is 13.6 Å². The van der Waals surface area contributed by atoms with E-state index in [2.05, 4.69) is 29.6 Å². The maximum Gasteiger partial charge on any atom is 0.242 e. The highest BCUT2D eigenvalue weighted by molar-refractivity contribution is 5.90. The van der Waals surface area contributed by atoms with Gasteiger partial charge in [0.25, 0.3) is 0 Å². The first-order valence-electron chi connectivity index (χ1n) is 8.58. The number of nitrogens with two attached hydrogens (primary N) is 1. The first-order chi connectivity index (χ1) is 11.0. The molecule has 0 aromatic carbocycles. The predicted molar refractivity (Wildman–Crippen MR) is 93.7 cm³/mol. The van der Waals surface area contributed by atoms with Crippen LogP contribution in [0.4, 0.5) is 0 Å². The molecule has 0 radical (unpaired) electrons. The number of hydrogen-bond acceptors (Lipinski definition) is 3. The summed E-state index contributed by atoms with van der Waals surface area (Å²) in [4.78, 5) is 25.7. The molecule has 23 heavy (non-hydrogen) atoms. The Kier molecular flexibility index (Phi) is 8.62. The zero-order valence-electron chi connectivity index (χ0n) is 14.6. The number of allylic oxidation sites excluding steroid dienone is 4. The average Bonchev–Trinajstić information content (AvgIpc) is 2.72. The SMILES string of the molecule is C1=CCCC=C1.CNC(=O)C(C(C)C)N1CCCCC(N)C1=O. The molecule has 0 bridgehead atoms. The molecule has 0 aromatic rings. The van der Waals surface area contributed by atoms with E-state index in [9.17, 15) is 9.59 Å². The van der Waals surface area contributed by atoms with Crippen LogP contribution in [0.15, 0.2) is 24.3 Å². The monoisotopic (exact) mass is 321 g/mol. The zero-order chi connectivity index (χ0) is 17.2. The largest absolute Gasteiger partial charge is 0.357 e. The summed E-state index contributed by atoms with van der Waals surface area (Å²) in [7, 11) is 1.60. The minimum Gasteiger partial charge on any atom is -0.357 e. The summed E-state index contributed by atoms with van der Waals surface area (Å²) < 4.78 is 0. The van der Waals surface area contributed by atoms with Crippen molar-refractivity contribution in [1.29, 1.82) is 0 Å². The molecule has 2 aliphatic rings. The third-order valence-corrected chi connectivity index (χ3v) is 4.13. The van der Waals surface area contributed by atoms with Gasteiger partial charge in [-0.15, -0.1) is 0 Å². The van der Waals surface area contributed by atoms with E-state index < -0.39 is 12.1 Å². The fourth-order valence-electron chi connectivity index (χ4n) is 2.86. The highest BCUT2D eigenvalue weighted by atomic mass is 16.2. The topological polar surface area (TPSA) is 75.4 Å². The van der Waals surface area contributed by atoms with Gasteiger partial charge in [0.1, 0.15) is 6.04 Å². The van der Waals surface area contributed by atoms with Crippen molar-refractivity contribution in [3.8, 4) is 0 Å². The van der Waals surface area contributed by atoms with E-state index >= 15 is 0 Å². The van der Waals surface area contributed by atoms with Gasteiger partial charge in [0.2, 0.25) is 11.8 Å². The second-order valence-corrected chi connectivity index (χ2v) is 6.37. The van der Waals surface area contributed by atoms with Crippen molar-refractivity contribution in [2.24, 2.45) is 11.7 Å². The van der Waals surface area contributed by atoms with Crippen LogP contribution in [0, 0.1) is 5.92 Å². The van der Waals surface area contributed by atoms with E-state index in [1.165, 1.54) is 12.8 Å². The summed E-state index contributed by atoms with van der Waals surface area (Å²) in [5, 5.41) is 2.63. The van der Waals surface area contributed by atoms with E-state index in [4.69, 9.17) is 5.73 Å². The maximum atomic E-state index is 12.1. The van der Waals surface area contributed by atoms with E-state index in [-0.39, 0.29) is 17.7 Å². The minimum atomic E-state index is -0.455. The Morgan fingerprint density at radius 1 is 1.26 bits per heavy atom. The smallest absolute Gasteiger partial charge is 0.242 e. The molecule has 130 valence electrons. The number of nitrogens with one attached hydrogen (secondary N) is 1. The van der Waals surface area contributed by atoms with Crippen LogP contribution in [0.2, 0.25) is 0 Å². The second-order valence-electron chi connectivity index (χ2n) is 6.37. The van der Waals surface area contributed by atoms with Crippen LogP contribution < -0.4 is 11.1 Å². The Morgan fingerprint density at radius 3 is 2.30 bits per heavy atom. The number of carbonyl (C=O) groups is 2. The fourth-order valence-corrected chi connectivity index (χ4v) is 2.86. The van der Waals surface area contributed by atoms with Gasteiger partial charge in [-0.05, 0) is 38.0 Å². The molecule has 3 N–H and O–H groups in total. The molecule has 0 aromatic heterocycles. The lowest BCUT2D eigenvalue weighted by atomic mass is 10.0. The molecule has 5 heteroatoms. The van der Waals surface area contributed by atoms with Gasteiger partial charge in [-0.1, -0.05) is 38.2 Å². The maximum absolute atomic E-state index is 12.1. The van der Waals surface area contributed by atoms with Crippen LogP contribution in [0.25, 0.3) is 0 Å². The summed E-state index contributed by atoms with van der Waals surface area (Å²) in [6.07, 6.45) is 13.6. The number of amides is 2. The Bertz CT molecular complexity index is 432. The molecule has 5 nitrogen and oxygen atoms in total. The Balaban J connectivity index is 0.000000366.